The molecular formula is C14H18N4O2. The third-order valence-corrected chi connectivity index (χ3v) is 2.56. The minimum absolute atomic E-state index is 0.251. The number of hydrogen-bond acceptors (Lipinski definition) is 5. The Bertz CT molecular complexity index is 620. The molecule has 1 aromatic carbocycles. The molecule has 106 valence electrons. The normalized spacial score (nSPS) is 10.6. The number of ether oxygens (including phenoxy) is 1. The van der Waals surface area contributed by atoms with E-state index in [0.717, 1.165) is 11.4 Å². The predicted octanol–water partition coefficient (Wildman–Crippen LogP) is 2.25. The predicted molar refractivity (Wildman–Crippen MR) is 77.4 cm³/mol. The molecule has 20 heavy (non-hydrogen) atoms. The molecule has 0 bridgehead atoms. The molecule has 6 heteroatoms. The quantitative estimate of drug-likeness (QED) is 0.874. The molecule has 2 aromatic rings. The molecule has 0 saturated heterocycles. The van der Waals surface area contributed by atoms with E-state index in [9.17, 15) is 4.79 Å². The van der Waals surface area contributed by atoms with Crippen LogP contribution in [0.25, 0.3) is 0 Å². The fraction of sp³-hybridized carbons (Fsp3) is 0.357. The van der Waals surface area contributed by atoms with Crippen LogP contribution in [0.1, 0.15) is 19.5 Å². The number of aryl methyl sites for hydroxylation is 1. The third kappa shape index (κ3) is 3.81. The molecule has 0 aliphatic heterocycles. The molecule has 6 nitrogen and oxygen atoms in total. The Morgan fingerprint density at radius 1 is 1.25 bits per heavy atom. The molecule has 1 heterocycles. The second-order valence-electron chi connectivity index (χ2n) is 4.94. The van der Waals surface area contributed by atoms with Crippen molar-refractivity contribution in [1.29, 1.82) is 0 Å². The van der Waals surface area contributed by atoms with Crippen molar-refractivity contribution in [2.24, 2.45) is 5.92 Å². The molecule has 2 rings (SSSR count). The number of aromatic nitrogens is 3. The van der Waals surface area contributed by atoms with Crippen LogP contribution in [0.15, 0.2) is 29.1 Å². The van der Waals surface area contributed by atoms with E-state index in [1.54, 1.807) is 6.92 Å². The van der Waals surface area contributed by atoms with Crippen LogP contribution in [0.5, 0.6) is 5.75 Å². The Balaban J connectivity index is 2.03. The summed E-state index contributed by atoms with van der Waals surface area (Å²) in [6, 6.07) is 7.44. The number of anilines is 2. The zero-order valence-corrected chi connectivity index (χ0v) is 11.8. The highest BCUT2D eigenvalue weighted by Gasteiger charge is 2.02. The second-order valence-corrected chi connectivity index (χ2v) is 4.94. The number of aromatic amines is 1. The van der Waals surface area contributed by atoms with Gasteiger partial charge in [-0.2, -0.15) is 0 Å². The molecule has 0 atom stereocenters. The van der Waals surface area contributed by atoms with Gasteiger partial charge in [0.1, 0.15) is 11.4 Å². The molecule has 2 N–H and O–H groups in total. The maximum Gasteiger partial charge on any atom is 0.273 e. The number of rotatable bonds is 5. The molecule has 0 fully saturated rings. The topological polar surface area (TPSA) is 79.9 Å². The van der Waals surface area contributed by atoms with Crippen molar-refractivity contribution in [2.75, 3.05) is 11.9 Å². The summed E-state index contributed by atoms with van der Waals surface area (Å²) in [6.45, 7) is 6.49. The van der Waals surface area contributed by atoms with E-state index in [1.807, 2.05) is 24.3 Å². The molecule has 0 aliphatic carbocycles. The van der Waals surface area contributed by atoms with Gasteiger partial charge in [-0.1, -0.05) is 13.8 Å². The van der Waals surface area contributed by atoms with E-state index in [1.165, 1.54) is 0 Å². The first-order chi connectivity index (χ1) is 9.54. The maximum absolute atomic E-state index is 11.4. The van der Waals surface area contributed by atoms with E-state index in [0.29, 0.717) is 24.2 Å². The van der Waals surface area contributed by atoms with Gasteiger partial charge in [0.25, 0.3) is 5.56 Å². The summed E-state index contributed by atoms with van der Waals surface area (Å²) >= 11 is 0. The van der Waals surface area contributed by atoms with Crippen molar-refractivity contribution < 1.29 is 4.74 Å². The summed E-state index contributed by atoms with van der Waals surface area (Å²) in [7, 11) is 0. The number of nitrogens with one attached hydrogen (secondary N) is 2. The van der Waals surface area contributed by atoms with Crippen molar-refractivity contribution in [3.63, 3.8) is 0 Å². The summed E-state index contributed by atoms with van der Waals surface area (Å²) in [4.78, 5) is 14.0. The molecular weight excluding hydrogens is 256 g/mol. The summed E-state index contributed by atoms with van der Waals surface area (Å²) in [5, 5.41) is 10.6. The van der Waals surface area contributed by atoms with Gasteiger partial charge in [-0.3, -0.25) is 9.78 Å². The lowest BCUT2D eigenvalue weighted by Crippen LogP contribution is -2.15. The Morgan fingerprint density at radius 3 is 2.55 bits per heavy atom. The van der Waals surface area contributed by atoms with Gasteiger partial charge in [0.15, 0.2) is 0 Å². The lowest BCUT2D eigenvalue weighted by molar-refractivity contribution is 0.271. The van der Waals surface area contributed by atoms with Crippen LogP contribution in [0, 0.1) is 12.8 Å². The van der Waals surface area contributed by atoms with Crippen LogP contribution in [-0.2, 0) is 0 Å². The van der Waals surface area contributed by atoms with Gasteiger partial charge in [-0.05, 0) is 37.1 Å². The van der Waals surface area contributed by atoms with Crippen molar-refractivity contribution >= 4 is 11.6 Å². The molecule has 0 spiro atoms. The van der Waals surface area contributed by atoms with Gasteiger partial charge in [-0.25, -0.2) is 0 Å². The second kappa shape index (κ2) is 6.18. The Labute approximate surface area is 117 Å². The van der Waals surface area contributed by atoms with E-state index in [4.69, 9.17) is 4.74 Å². The van der Waals surface area contributed by atoms with Gasteiger partial charge in [0.2, 0.25) is 5.95 Å². The minimum Gasteiger partial charge on any atom is -0.493 e. The van der Waals surface area contributed by atoms with Gasteiger partial charge < -0.3 is 10.1 Å². The van der Waals surface area contributed by atoms with E-state index in [2.05, 4.69) is 34.3 Å². The van der Waals surface area contributed by atoms with Crippen LogP contribution in [-0.4, -0.2) is 21.8 Å². The Kier molecular flexibility index (Phi) is 4.34. The van der Waals surface area contributed by atoms with Crippen molar-refractivity contribution in [3.8, 4) is 5.75 Å². The monoisotopic (exact) mass is 274 g/mol. The van der Waals surface area contributed by atoms with E-state index >= 15 is 0 Å². The molecule has 0 amide bonds. The highest BCUT2D eigenvalue weighted by molar-refractivity contribution is 5.54. The van der Waals surface area contributed by atoms with Gasteiger partial charge in [0, 0.05) is 5.69 Å². The fourth-order valence-electron chi connectivity index (χ4n) is 1.48. The highest BCUT2D eigenvalue weighted by atomic mass is 16.5. The largest absolute Gasteiger partial charge is 0.493 e. The van der Waals surface area contributed by atoms with Crippen LogP contribution < -0.4 is 15.6 Å². The minimum atomic E-state index is -0.251. The number of hydrogen-bond donors (Lipinski definition) is 2. The highest BCUT2D eigenvalue weighted by Crippen LogP contribution is 2.18. The molecule has 0 aliphatic rings. The van der Waals surface area contributed by atoms with Gasteiger partial charge in [0.05, 0.1) is 6.61 Å². The zero-order valence-electron chi connectivity index (χ0n) is 11.8. The first-order valence-electron chi connectivity index (χ1n) is 6.48. The SMILES string of the molecule is Cc1nnc(Nc2ccc(OCC(C)C)cc2)[nH]c1=O. The fourth-order valence-corrected chi connectivity index (χ4v) is 1.48. The molecule has 0 saturated carbocycles. The van der Waals surface area contributed by atoms with Gasteiger partial charge in [-0.15, -0.1) is 10.2 Å². The Hall–Kier alpha value is -2.37. The number of nitrogens with zero attached hydrogens (tertiary/aromatic N) is 2. The first kappa shape index (κ1) is 14.0. The van der Waals surface area contributed by atoms with Crippen LogP contribution in [0.4, 0.5) is 11.6 Å². The van der Waals surface area contributed by atoms with E-state index < -0.39 is 0 Å². The average Bonchev–Trinajstić information content (AvgIpc) is 2.42. The first-order valence-corrected chi connectivity index (χ1v) is 6.48. The molecule has 1 aromatic heterocycles. The van der Waals surface area contributed by atoms with Gasteiger partial charge >= 0.3 is 0 Å². The molecule has 0 unspecified atom stereocenters. The van der Waals surface area contributed by atoms with E-state index in [-0.39, 0.29) is 5.56 Å². The van der Waals surface area contributed by atoms with Crippen molar-refractivity contribution in [3.05, 3.63) is 40.3 Å². The summed E-state index contributed by atoms with van der Waals surface area (Å²) < 4.78 is 5.59. The third-order valence-electron chi connectivity index (χ3n) is 2.56. The lowest BCUT2D eigenvalue weighted by Gasteiger charge is -2.09. The van der Waals surface area contributed by atoms with Crippen molar-refractivity contribution in [2.45, 2.75) is 20.8 Å². The number of benzene rings is 1. The average molecular weight is 274 g/mol. The lowest BCUT2D eigenvalue weighted by atomic mass is 10.2. The van der Waals surface area contributed by atoms with Crippen LogP contribution in [0.2, 0.25) is 0 Å². The standard InChI is InChI=1S/C14H18N4O2/c1-9(2)8-20-12-6-4-11(5-7-12)15-14-16-13(19)10(3)17-18-14/h4-7,9H,8H2,1-3H3,(H2,15,16,18,19). The van der Waals surface area contributed by atoms with Crippen molar-refractivity contribution in [1.82, 2.24) is 15.2 Å². The summed E-state index contributed by atoms with van der Waals surface area (Å²) in [6.07, 6.45) is 0. The van der Waals surface area contributed by atoms with Crippen LogP contribution >= 0.6 is 0 Å². The number of H-pyrrole nitrogens is 1. The summed E-state index contributed by atoms with van der Waals surface area (Å²) in [5.74, 6) is 1.62. The summed E-state index contributed by atoms with van der Waals surface area (Å²) in [5.41, 5.74) is 0.892. The Morgan fingerprint density at radius 2 is 1.95 bits per heavy atom. The zero-order chi connectivity index (χ0) is 14.5. The molecule has 0 radical (unpaired) electrons. The maximum atomic E-state index is 11.4. The smallest absolute Gasteiger partial charge is 0.273 e. The van der Waals surface area contributed by atoms with Crippen LogP contribution in [0.3, 0.4) is 0 Å².